The molecule has 2 atom stereocenters. The quantitative estimate of drug-likeness (QED) is 0.698. The number of nitrogens with one attached hydrogen (secondary N) is 1. The van der Waals surface area contributed by atoms with Crippen LogP contribution in [0.15, 0.2) is 54.6 Å². The van der Waals surface area contributed by atoms with E-state index in [1.54, 1.807) is 4.90 Å². The molecule has 166 valence electrons. The smallest absolute Gasteiger partial charge is 0.253 e. The zero-order chi connectivity index (χ0) is 22.2. The fourth-order valence-electron chi connectivity index (χ4n) is 4.29. The molecule has 1 N–H and O–H groups in total. The zero-order valence-electron chi connectivity index (χ0n) is 18.4. The van der Waals surface area contributed by atoms with E-state index in [0.29, 0.717) is 25.2 Å². The average Bonchev–Trinajstić information content (AvgIpc) is 2.82. The summed E-state index contributed by atoms with van der Waals surface area (Å²) >= 11 is 0. The highest BCUT2D eigenvalue weighted by Crippen LogP contribution is 2.22. The van der Waals surface area contributed by atoms with Crippen molar-refractivity contribution in [2.45, 2.75) is 32.7 Å². The van der Waals surface area contributed by atoms with Crippen molar-refractivity contribution in [3.8, 4) is 0 Å². The molecule has 2 aromatic rings. The predicted octanol–water partition coefficient (Wildman–Crippen LogP) is 3.88. The van der Waals surface area contributed by atoms with Crippen LogP contribution < -0.4 is 5.32 Å². The summed E-state index contributed by atoms with van der Waals surface area (Å²) in [5.41, 5.74) is 1.64. The van der Waals surface area contributed by atoms with Crippen LogP contribution in [-0.2, 0) is 4.79 Å². The lowest BCUT2D eigenvalue weighted by Gasteiger charge is -2.34. The second-order valence-corrected chi connectivity index (χ2v) is 7.99. The van der Waals surface area contributed by atoms with E-state index in [-0.39, 0.29) is 29.6 Å². The normalized spacial score (nSPS) is 17.4. The average molecular weight is 426 g/mol. The number of rotatable bonds is 8. The molecule has 1 aliphatic rings. The highest BCUT2D eigenvalue weighted by Gasteiger charge is 2.29. The third kappa shape index (κ3) is 5.91. The number of carbonyl (C=O) groups is 2. The second-order valence-electron chi connectivity index (χ2n) is 7.99. The molecule has 5 nitrogen and oxygen atoms in total. The van der Waals surface area contributed by atoms with Crippen molar-refractivity contribution in [1.82, 2.24) is 15.1 Å². The Morgan fingerprint density at radius 1 is 1.10 bits per heavy atom. The van der Waals surface area contributed by atoms with Gasteiger partial charge in [-0.05, 0) is 55.8 Å². The largest absolute Gasteiger partial charge is 0.354 e. The van der Waals surface area contributed by atoms with Crippen molar-refractivity contribution in [3.63, 3.8) is 0 Å². The SMILES string of the molecule is CCN(CC)C(CNC(=O)C1CCCN(C(=O)c2ccc(F)cc2)C1)c1ccccc1. The van der Waals surface area contributed by atoms with E-state index in [2.05, 4.69) is 36.2 Å². The predicted molar refractivity (Wildman–Crippen MR) is 120 cm³/mol. The molecule has 2 unspecified atom stereocenters. The monoisotopic (exact) mass is 425 g/mol. The lowest BCUT2D eigenvalue weighted by atomic mass is 9.96. The Morgan fingerprint density at radius 2 is 1.77 bits per heavy atom. The number of likely N-dealkylation sites (N-methyl/N-ethyl adjacent to an activating group) is 1. The van der Waals surface area contributed by atoms with Crippen LogP contribution in [0.25, 0.3) is 0 Å². The van der Waals surface area contributed by atoms with Gasteiger partial charge >= 0.3 is 0 Å². The summed E-state index contributed by atoms with van der Waals surface area (Å²) in [4.78, 5) is 29.8. The first-order chi connectivity index (χ1) is 15.0. The van der Waals surface area contributed by atoms with Gasteiger partial charge < -0.3 is 10.2 Å². The fourth-order valence-corrected chi connectivity index (χ4v) is 4.29. The van der Waals surface area contributed by atoms with Crippen molar-refractivity contribution < 1.29 is 14.0 Å². The Kier molecular flexibility index (Phi) is 8.18. The van der Waals surface area contributed by atoms with Crippen molar-refractivity contribution in [2.24, 2.45) is 5.92 Å². The highest BCUT2D eigenvalue weighted by molar-refractivity contribution is 5.94. The lowest BCUT2D eigenvalue weighted by Crippen LogP contribution is -2.47. The molecule has 2 aromatic carbocycles. The Balaban J connectivity index is 1.62. The summed E-state index contributed by atoms with van der Waals surface area (Å²) in [6, 6.07) is 15.9. The Morgan fingerprint density at radius 3 is 2.42 bits per heavy atom. The van der Waals surface area contributed by atoms with E-state index in [9.17, 15) is 14.0 Å². The van der Waals surface area contributed by atoms with Gasteiger partial charge in [0.2, 0.25) is 5.91 Å². The maximum absolute atomic E-state index is 13.2. The standard InChI is InChI=1S/C25H32FN3O2/c1-3-28(4-2)23(19-9-6-5-7-10-19)17-27-24(30)21-11-8-16-29(18-21)25(31)20-12-14-22(26)15-13-20/h5-7,9-10,12-15,21,23H,3-4,8,11,16-18H2,1-2H3,(H,27,30). The molecule has 2 amide bonds. The van der Waals surface area contributed by atoms with Gasteiger partial charge in [-0.2, -0.15) is 0 Å². The molecule has 1 heterocycles. The molecular weight excluding hydrogens is 393 g/mol. The number of carbonyl (C=O) groups excluding carboxylic acids is 2. The maximum Gasteiger partial charge on any atom is 0.253 e. The Hall–Kier alpha value is -2.73. The second kappa shape index (κ2) is 11.0. The van der Waals surface area contributed by atoms with Crippen LogP contribution in [0.5, 0.6) is 0 Å². The Labute approximate surface area is 184 Å². The minimum absolute atomic E-state index is 0.00954. The van der Waals surface area contributed by atoms with Crippen LogP contribution in [0.1, 0.15) is 48.7 Å². The van der Waals surface area contributed by atoms with Gasteiger partial charge in [0.05, 0.1) is 12.0 Å². The minimum Gasteiger partial charge on any atom is -0.354 e. The van der Waals surface area contributed by atoms with E-state index in [1.165, 1.54) is 29.8 Å². The van der Waals surface area contributed by atoms with Crippen LogP contribution in [0, 0.1) is 11.7 Å². The molecule has 1 aliphatic heterocycles. The molecule has 0 saturated carbocycles. The first kappa shape index (κ1) is 22.9. The topological polar surface area (TPSA) is 52.7 Å². The minimum atomic E-state index is -0.367. The molecule has 0 radical (unpaired) electrons. The van der Waals surface area contributed by atoms with Gasteiger partial charge in [-0.15, -0.1) is 0 Å². The Bertz CT molecular complexity index is 853. The van der Waals surface area contributed by atoms with Gasteiger partial charge in [0.1, 0.15) is 5.82 Å². The number of nitrogens with zero attached hydrogens (tertiary/aromatic N) is 2. The number of likely N-dealkylation sites (tertiary alicyclic amines) is 1. The maximum atomic E-state index is 13.2. The molecule has 0 bridgehead atoms. The van der Waals surface area contributed by atoms with Gasteiger partial charge in [0.25, 0.3) is 5.91 Å². The molecular formula is C25H32FN3O2. The number of piperidine rings is 1. The molecule has 0 spiro atoms. The van der Waals surface area contributed by atoms with Crippen LogP contribution >= 0.6 is 0 Å². The van der Waals surface area contributed by atoms with E-state index in [0.717, 1.165) is 25.9 Å². The van der Waals surface area contributed by atoms with Crippen molar-refractivity contribution in [1.29, 1.82) is 0 Å². The summed E-state index contributed by atoms with van der Waals surface area (Å²) in [5, 5.41) is 3.14. The molecule has 1 saturated heterocycles. The van der Waals surface area contributed by atoms with E-state index in [4.69, 9.17) is 0 Å². The molecule has 1 fully saturated rings. The number of benzene rings is 2. The van der Waals surface area contributed by atoms with Crippen LogP contribution in [0.3, 0.4) is 0 Å². The molecule has 6 heteroatoms. The van der Waals surface area contributed by atoms with Crippen molar-refractivity contribution >= 4 is 11.8 Å². The van der Waals surface area contributed by atoms with Gasteiger partial charge in [-0.25, -0.2) is 4.39 Å². The summed E-state index contributed by atoms with van der Waals surface area (Å²) in [5.74, 6) is -0.757. The van der Waals surface area contributed by atoms with Crippen LogP contribution in [-0.4, -0.2) is 54.3 Å². The van der Waals surface area contributed by atoms with Gasteiger partial charge in [0.15, 0.2) is 0 Å². The van der Waals surface area contributed by atoms with Gasteiger partial charge in [-0.1, -0.05) is 44.2 Å². The third-order valence-corrected chi connectivity index (χ3v) is 6.08. The number of amides is 2. The first-order valence-corrected chi connectivity index (χ1v) is 11.1. The fraction of sp³-hybridized carbons (Fsp3) is 0.440. The third-order valence-electron chi connectivity index (χ3n) is 6.08. The van der Waals surface area contributed by atoms with Gasteiger partial charge in [-0.3, -0.25) is 14.5 Å². The summed E-state index contributed by atoms with van der Waals surface area (Å²) in [7, 11) is 0. The summed E-state index contributed by atoms with van der Waals surface area (Å²) in [6.07, 6.45) is 1.55. The van der Waals surface area contributed by atoms with E-state index >= 15 is 0 Å². The number of hydrogen-bond donors (Lipinski definition) is 1. The number of hydrogen-bond acceptors (Lipinski definition) is 3. The first-order valence-electron chi connectivity index (χ1n) is 11.1. The van der Waals surface area contributed by atoms with Crippen LogP contribution in [0.4, 0.5) is 4.39 Å². The van der Waals surface area contributed by atoms with Gasteiger partial charge in [0, 0.05) is 25.2 Å². The molecule has 0 aromatic heterocycles. The molecule has 3 rings (SSSR count). The molecule has 31 heavy (non-hydrogen) atoms. The van der Waals surface area contributed by atoms with Crippen molar-refractivity contribution in [2.75, 3.05) is 32.7 Å². The van der Waals surface area contributed by atoms with Crippen molar-refractivity contribution in [3.05, 3.63) is 71.5 Å². The molecule has 0 aliphatic carbocycles. The van der Waals surface area contributed by atoms with E-state index < -0.39 is 0 Å². The van der Waals surface area contributed by atoms with Crippen LogP contribution in [0.2, 0.25) is 0 Å². The summed E-state index contributed by atoms with van der Waals surface area (Å²) < 4.78 is 13.2. The lowest BCUT2D eigenvalue weighted by molar-refractivity contribution is -0.126. The summed E-state index contributed by atoms with van der Waals surface area (Å²) in [6.45, 7) is 7.59. The zero-order valence-corrected chi connectivity index (χ0v) is 18.4. The van der Waals surface area contributed by atoms with E-state index in [1.807, 2.05) is 18.2 Å². The number of halogens is 1. The highest BCUT2D eigenvalue weighted by atomic mass is 19.1.